The van der Waals surface area contributed by atoms with Crippen LogP contribution in [0.3, 0.4) is 0 Å². The molecule has 0 bridgehead atoms. The Hall–Kier alpha value is -0.340. The first-order chi connectivity index (χ1) is 7.18. The molecule has 2 nitrogen and oxygen atoms in total. The zero-order chi connectivity index (χ0) is 10.8. The molecule has 1 aliphatic carbocycles. The fraction of sp³-hybridized carbons (Fsp3) is 0.846. The van der Waals surface area contributed by atoms with Crippen molar-refractivity contribution < 1.29 is 9.47 Å². The van der Waals surface area contributed by atoms with E-state index in [2.05, 4.69) is 13.5 Å². The normalized spacial score (nSPS) is 34.5. The van der Waals surface area contributed by atoms with Crippen LogP contribution in [0.15, 0.2) is 12.7 Å². The van der Waals surface area contributed by atoms with Crippen molar-refractivity contribution in [1.29, 1.82) is 0 Å². The molecule has 2 rings (SSSR count). The van der Waals surface area contributed by atoms with Crippen molar-refractivity contribution in [3.8, 4) is 0 Å². The van der Waals surface area contributed by atoms with Crippen molar-refractivity contribution in [1.82, 2.24) is 0 Å². The molecule has 2 aliphatic rings. The Labute approximate surface area is 92.6 Å². The average molecular weight is 210 g/mol. The van der Waals surface area contributed by atoms with E-state index in [1.54, 1.807) is 0 Å². The van der Waals surface area contributed by atoms with E-state index in [0.717, 1.165) is 32.5 Å². The van der Waals surface area contributed by atoms with Gasteiger partial charge in [0.25, 0.3) is 0 Å². The molecule has 0 aromatic heterocycles. The van der Waals surface area contributed by atoms with Crippen LogP contribution in [0, 0.1) is 5.41 Å². The van der Waals surface area contributed by atoms with Crippen LogP contribution in [0.5, 0.6) is 0 Å². The highest BCUT2D eigenvalue weighted by Crippen LogP contribution is 2.47. The first-order valence-corrected chi connectivity index (χ1v) is 6.07. The van der Waals surface area contributed by atoms with Crippen LogP contribution in [0.2, 0.25) is 0 Å². The molecule has 1 unspecified atom stereocenters. The van der Waals surface area contributed by atoms with Crippen molar-refractivity contribution in [3.63, 3.8) is 0 Å². The molecule has 1 spiro atoms. The van der Waals surface area contributed by atoms with Gasteiger partial charge in [0.15, 0.2) is 5.79 Å². The molecule has 15 heavy (non-hydrogen) atoms. The third-order valence-corrected chi connectivity index (χ3v) is 3.80. The van der Waals surface area contributed by atoms with Gasteiger partial charge in [0, 0.05) is 12.8 Å². The number of rotatable bonds is 3. The highest BCUT2D eigenvalue weighted by Gasteiger charge is 2.45. The van der Waals surface area contributed by atoms with E-state index >= 15 is 0 Å². The van der Waals surface area contributed by atoms with Crippen molar-refractivity contribution >= 4 is 0 Å². The maximum Gasteiger partial charge on any atom is 0.169 e. The van der Waals surface area contributed by atoms with Gasteiger partial charge in [0.05, 0.1) is 13.2 Å². The molecule has 0 aromatic carbocycles. The summed E-state index contributed by atoms with van der Waals surface area (Å²) in [6.07, 6.45) is 9.01. The molecular weight excluding hydrogens is 188 g/mol. The standard InChI is InChI=1S/C13H22O2/c1-3-4-6-12(2)7-5-8-13(11-12)14-9-10-15-13/h3H,1,4-11H2,2H3. The molecule has 0 N–H and O–H groups in total. The summed E-state index contributed by atoms with van der Waals surface area (Å²) in [5.41, 5.74) is 0.386. The average Bonchev–Trinajstić information content (AvgIpc) is 2.63. The summed E-state index contributed by atoms with van der Waals surface area (Å²) in [7, 11) is 0. The molecule has 0 amide bonds. The van der Waals surface area contributed by atoms with Gasteiger partial charge in [-0.15, -0.1) is 6.58 Å². The van der Waals surface area contributed by atoms with Gasteiger partial charge in [0.1, 0.15) is 0 Å². The highest BCUT2D eigenvalue weighted by molar-refractivity contribution is 4.91. The van der Waals surface area contributed by atoms with E-state index in [0.29, 0.717) is 5.41 Å². The van der Waals surface area contributed by atoms with Crippen molar-refractivity contribution in [2.45, 2.75) is 51.2 Å². The largest absolute Gasteiger partial charge is 0.348 e. The van der Waals surface area contributed by atoms with Crippen LogP contribution in [-0.4, -0.2) is 19.0 Å². The predicted molar refractivity (Wildman–Crippen MR) is 60.6 cm³/mol. The van der Waals surface area contributed by atoms with Crippen LogP contribution >= 0.6 is 0 Å². The van der Waals surface area contributed by atoms with Crippen LogP contribution < -0.4 is 0 Å². The minimum Gasteiger partial charge on any atom is -0.348 e. The molecule has 1 aliphatic heterocycles. The van der Waals surface area contributed by atoms with Crippen LogP contribution in [0.4, 0.5) is 0 Å². The lowest BCUT2D eigenvalue weighted by atomic mass is 9.70. The summed E-state index contributed by atoms with van der Waals surface area (Å²) in [6, 6.07) is 0. The third kappa shape index (κ3) is 2.43. The van der Waals surface area contributed by atoms with Gasteiger partial charge in [0.2, 0.25) is 0 Å². The Balaban J connectivity index is 1.98. The Morgan fingerprint density at radius 1 is 1.27 bits per heavy atom. The Morgan fingerprint density at radius 2 is 2.00 bits per heavy atom. The summed E-state index contributed by atoms with van der Waals surface area (Å²) >= 11 is 0. The lowest BCUT2D eigenvalue weighted by Crippen LogP contribution is -2.41. The first-order valence-electron chi connectivity index (χ1n) is 6.07. The van der Waals surface area contributed by atoms with E-state index in [4.69, 9.17) is 9.47 Å². The molecule has 86 valence electrons. The zero-order valence-electron chi connectivity index (χ0n) is 9.76. The second kappa shape index (κ2) is 4.26. The Morgan fingerprint density at radius 3 is 2.67 bits per heavy atom. The van der Waals surface area contributed by atoms with E-state index in [1.165, 1.54) is 19.3 Å². The van der Waals surface area contributed by atoms with Crippen molar-refractivity contribution in [3.05, 3.63) is 12.7 Å². The van der Waals surface area contributed by atoms with Gasteiger partial charge in [-0.05, 0) is 31.1 Å². The maximum absolute atomic E-state index is 5.81. The SMILES string of the molecule is C=CCCC1(C)CCCC2(C1)OCCO2. The van der Waals surface area contributed by atoms with Crippen LogP contribution in [-0.2, 0) is 9.47 Å². The first kappa shape index (κ1) is 11.2. The second-order valence-corrected chi connectivity index (χ2v) is 5.28. The van der Waals surface area contributed by atoms with Crippen LogP contribution in [0.25, 0.3) is 0 Å². The molecule has 2 heteroatoms. The lowest BCUT2D eigenvalue weighted by molar-refractivity contribution is -0.200. The molecule has 2 fully saturated rings. The monoisotopic (exact) mass is 210 g/mol. The van der Waals surface area contributed by atoms with Crippen molar-refractivity contribution in [2.24, 2.45) is 5.41 Å². The summed E-state index contributed by atoms with van der Waals surface area (Å²) in [6.45, 7) is 7.72. The molecule has 1 saturated carbocycles. The molecule has 0 aromatic rings. The molecule has 1 atom stereocenters. The van der Waals surface area contributed by atoms with E-state index in [9.17, 15) is 0 Å². The van der Waals surface area contributed by atoms with Gasteiger partial charge in [-0.2, -0.15) is 0 Å². The summed E-state index contributed by atoms with van der Waals surface area (Å²) in [5, 5.41) is 0. The third-order valence-electron chi connectivity index (χ3n) is 3.80. The summed E-state index contributed by atoms with van der Waals surface area (Å²) in [4.78, 5) is 0. The number of allylic oxidation sites excluding steroid dienone is 1. The van der Waals surface area contributed by atoms with Gasteiger partial charge >= 0.3 is 0 Å². The highest BCUT2D eigenvalue weighted by atomic mass is 16.7. The van der Waals surface area contributed by atoms with Gasteiger partial charge in [-0.3, -0.25) is 0 Å². The van der Waals surface area contributed by atoms with E-state index in [1.807, 2.05) is 6.08 Å². The number of hydrogen-bond acceptors (Lipinski definition) is 2. The zero-order valence-corrected chi connectivity index (χ0v) is 9.76. The molecule has 1 saturated heterocycles. The molecule has 0 radical (unpaired) electrons. The van der Waals surface area contributed by atoms with Gasteiger partial charge in [-0.1, -0.05) is 13.0 Å². The van der Waals surface area contributed by atoms with E-state index < -0.39 is 0 Å². The fourth-order valence-corrected chi connectivity index (χ4v) is 3.02. The number of hydrogen-bond donors (Lipinski definition) is 0. The van der Waals surface area contributed by atoms with Crippen LogP contribution in [0.1, 0.15) is 45.4 Å². The Bertz CT molecular complexity index is 231. The molecular formula is C13H22O2. The minimum atomic E-state index is -0.228. The maximum atomic E-state index is 5.81. The topological polar surface area (TPSA) is 18.5 Å². The van der Waals surface area contributed by atoms with Gasteiger partial charge in [-0.25, -0.2) is 0 Å². The smallest absolute Gasteiger partial charge is 0.169 e. The second-order valence-electron chi connectivity index (χ2n) is 5.28. The summed E-state index contributed by atoms with van der Waals surface area (Å²) < 4.78 is 11.6. The summed E-state index contributed by atoms with van der Waals surface area (Å²) in [5.74, 6) is -0.228. The lowest BCUT2D eigenvalue weighted by Gasteiger charge is -2.43. The predicted octanol–water partition coefficient (Wildman–Crippen LogP) is 3.28. The quantitative estimate of drug-likeness (QED) is 0.666. The fourth-order valence-electron chi connectivity index (χ4n) is 3.02. The molecule has 1 heterocycles. The number of ether oxygens (including phenoxy) is 2. The van der Waals surface area contributed by atoms with Gasteiger partial charge < -0.3 is 9.47 Å². The Kier molecular flexibility index (Phi) is 3.17. The minimum absolute atomic E-state index is 0.228. The van der Waals surface area contributed by atoms with Crippen molar-refractivity contribution in [2.75, 3.05) is 13.2 Å². The van der Waals surface area contributed by atoms with E-state index in [-0.39, 0.29) is 5.79 Å².